The van der Waals surface area contributed by atoms with Crippen LogP contribution in [0.3, 0.4) is 0 Å². The predicted molar refractivity (Wildman–Crippen MR) is 63.6 cm³/mol. The molecular formula is C10H14BrNOS. The highest BCUT2D eigenvalue weighted by molar-refractivity contribution is 9.10. The molecule has 1 aromatic rings. The number of aliphatic hydroxyl groups is 1. The number of thioether (sulfide) groups is 1. The fourth-order valence-electron chi connectivity index (χ4n) is 0.853. The second kappa shape index (κ2) is 5.14. The van der Waals surface area contributed by atoms with Crippen molar-refractivity contribution in [2.45, 2.75) is 30.9 Å². The number of aromatic nitrogens is 1. The maximum absolute atomic E-state index is 9.50. The summed E-state index contributed by atoms with van der Waals surface area (Å²) < 4.78 is 0.990. The van der Waals surface area contributed by atoms with Gasteiger partial charge in [-0.05, 0) is 48.3 Å². The van der Waals surface area contributed by atoms with Crippen molar-refractivity contribution < 1.29 is 5.11 Å². The van der Waals surface area contributed by atoms with Gasteiger partial charge < -0.3 is 5.11 Å². The van der Waals surface area contributed by atoms with Crippen molar-refractivity contribution in [2.24, 2.45) is 0 Å². The fraction of sp³-hybridized carbons (Fsp3) is 0.500. The van der Waals surface area contributed by atoms with Crippen molar-refractivity contribution in [3.8, 4) is 0 Å². The molecule has 1 heterocycles. The van der Waals surface area contributed by atoms with E-state index >= 15 is 0 Å². The van der Waals surface area contributed by atoms with Crippen molar-refractivity contribution >= 4 is 27.7 Å². The molecule has 0 saturated heterocycles. The van der Waals surface area contributed by atoms with Crippen LogP contribution in [-0.4, -0.2) is 21.4 Å². The molecule has 0 amide bonds. The average Bonchev–Trinajstić information content (AvgIpc) is 2.06. The molecule has 0 aliphatic rings. The van der Waals surface area contributed by atoms with Gasteiger partial charge in [0.2, 0.25) is 0 Å². The van der Waals surface area contributed by atoms with Crippen LogP contribution in [0.15, 0.2) is 27.8 Å². The van der Waals surface area contributed by atoms with Gasteiger partial charge >= 0.3 is 0 Å². The van der Waals surface area contributed by atoms with Crippen LogP contribution in [0.4, 0.5) is 0 Å². The Morgan fingerprint density at radius 3 is 2.71 bits per heavy atom. The lowest BCUT2D eigenvalue weighted by Gasteiger charge is -2.15. The maximum Gasteiger partial charge on any atom is 0.0960 e. The molecule has 0 fully saturated rings. The highest BCUT2D eigenvalue weighted by atomic mass is 79.9. The maximum atomic E-state index is 9.50. The van der Waals surface area contributed by atoms with E-state index in [2.05, 4.69) is 20.9 Å². The first-order valence-corrected chi connectivity index (χ1v) is 6.22. The van der Waals surface area contributed by atoms with Gasteiger partial charge in [0.1, 0.15) is 0 Å². The molecule has 0 radical (unpaired) electrons. The Bertz CT molecular complexity index is 281. The minimum Gasteiger partial charge on any atom is -0.390 e. The molecule has 1 rings (SSSR count). The third-order valence-electron chi connectivity index (χ3n) is 1.66. The van der Waals surface area contributed by atoms with Crippen LogP contribution in [0.2, 0.25) is 0 Å². The summed E-state index contributed by atoms with van der Waals surface area (Å²) in [6.07, 6.45) is 2.56. The van der Waals surface area contributed by atoms with Gasteiger partial charge in [-0.15, -0.1) is 11.8 Å². The van der Waals surface area contributed by atoms with E-state index in [1.807, 2.05) is 26.0 Å². The Balaban J connectivity index is 2.35. The molecule has 1 N–H and O–H groups in total. The molecule has 0 aromatic carbocycles. The number of nitrogens with zero attached hydrogens (tertiary/aromatic N) is 1. The predicted octanol–water partition coefficient (Wildman–Crippen LogP) is 3.10. The summed E-state index contributed by atoms with van der Waals surface area (Å²) in [5.74, 6) is 0.887. The van der Waals surface area contributed by atoms with E-state index in [-0.39, 0.29) is 0 Å². The van der Waals surface area contributed by atoms with Gasteiger partial charge in [0.25, 0.3) is 0 Å². The SMILES string of the molecule is CC(C)(O)CCSc1ccc(Br)cn1. The molecule has 1 aromatic heterocycles. The van der Waals surface area contributed by atoms with E-state index in [0.29, 0.717) is 0 Å². The second-order valence-electron chi connectivity index (χ2n) is 3.73. The van der Waals surface area contributed by atoms with Crippen LogP contribution < -0.4 is 0 Å². The third-order valence-corrected chi connectivity index (χ3v) is 3.08. The van der Waals surface area contributed by atoms with E-state index < -0.39 is 5.60 Å². The smallest absolute Gasteiger partial charge is 0.0960 e. The van der Waals surface area contributed by atoms with E-state index in [1.165, 1.54) is 0 Å². The molecule has 2 nitrogen and oxygen atoms in total. The number of rotatable bonds is 4. The topological polar surface area (TPSA) is 33.1 Å². The monoisotopic (exact) mass is 275 g/mol. The summed E-state index contributed by atoms with van der Waals surface area (Å²) in [6.45, 7) is 3.64. The summed E-state index contributed by atoms with van der Waals surface area (Å²) in [7, 11) is 0. The molecule has 78 valence electrons. The average molecular weight is 276 g/mol. The molecule has 0 spiro atoms. The van der Waals surface area contributed by atoms with Gasteiger partial charge in [0.05, 0.1) is 10.6 Å². The summed E-state index contributed by atoms with van der Waals surface area (Å²) >= 11 is 5.00. The first-order valence-electron chi connectivity index (χ1n) is 4.44. The second-order valence-corrected chi connectivity index (χ2v) is 5.76. The first-order chi connectivity index (χ1) is 6.47. The van der Waals surface area contributed by atoms with Crippen LogP contribution in [0.5, 0.6) is 0 Å². The van der Waals surface area contributed by atoms with Gasteiger partial charge in [0, 0.05) is 16.4 Å². The highest BCUT2D eigenvalue weighted by Gasteiger charge is 2.11. The zero-order chi connectivity index (χ0) is 10.6. The van der Waals surface area contributed by atoms with Crippen LogP contribution in [0, 0.1) is 0 Å². The lowest BCUT2D eigenvalue weighted by atomic mass is 10.1. The minimum atomic E-state index is -0.581. The van der Waals surface area contributed by atoms with Crippen LogP contribution in [0.25, 0.3) is 0 Å². The summed E-state index contributed by atoms with van der Waals surface area (Å²) in [4.78, 5) is 4.23. The first kappa shape index (κ1) is 12.0. The van der Waals surface area contributed by atoms with Gasteiger partial charge in [-0.2, -0.15) is 0 Å². The molecule has 0 unspecified atom stereocenters. The Morgan fingerprint density at radius 1 is 1.50 bits per heavy atom. The van der Waals surface area contributed by atoms with Crippen LogP contribution in [-0.2, 0) is 0 Å². The van der Waals surface area contributed by atoms with Gasteiger partial charge in [-0.3, -0.25) is 0 Å². The van der Waals surface area contributed by atoms with Gasteiger partial charge in [0.15, 0.2) is 0 Å². The number of pyridine rings is 1. The van der Waals surface area contributed by atoms with E-state index in [4.69, 9.17) is 0 Å². The molecule has 0 bridgehead atoms. The molecule has 0 aliphatic heterocycles. The Morgan fingerprint density at radius 2 is 2.21 bits per heavy atom. The number of halogens is 1. The van der Waals surface area contributed by atoms with Crippen molar-refractivity contribution in [1.82, 2.24) is 4.98 Å². The molecule has 0 atom stereocenters. The van der Waals surface area contributed by atoms with Crippen molar-refractivity contribution in [3.05, 3.63) is 22.8 Å². The van der Waals surface area contributed by atoms with Crippen molar-refractivity contribution in [3.63, 3.8) is 0 Å². The molecule has 0 saturated carbocycles. The lowest BCUT2D eigenvalue weighted by Crippen LogP contribution is -2.19. The fourth-order valence-corrected chi connectivity index (χ4v) is 2.19. The van der Waals surface area contributed by atoms with Crippen molar-refractivity contribution in [2.75, 3.05) is 5.75 Å². The summed E-state index contributed by atoms with van der Waals surface area (Å²) in [6, 6.07) is 3.94. The third kappa shape index (κ3) is 4.98. The van der Waals surface area contributed by atoms with Crippen LogP contribution in [0.1, 0.15) is 20.3 Å². The zero-order valence-electron chi connectivity index (χ0n) is 8.33. The quantitative estimate of drug-likeness (QED) is 0.858. The van der Waals surface area contributed by atoms with Crippen molar-refractivity contribution in [1.29, 1.82) is 0 Å². The van der Waals surface area contributed by atoms with E-state index in [0.717, 1.165) is 21.7 Å². The largest absolute Gasteiger partial charge is 0.390 e. The van der Waals surface area contributed by atoms with E-state index in [9.17, 15) is 5.11 Å². The van der Waals surface area contributed by atoms with Gasteiger partial charge in [-0.25, -0.2) is 4.98 Å². The zero-order valence-corrected chi connectivity index (χ0v) is 10.7. The number of hydrogen-bond donors (Lipinski definition) is 1. The lowest BCUT2D eigenvalue weighted by molar-refractivity contribution is 0.0777. The van der Waals surface area contributed by atoms with Gasteiger partial charge in [-0.1, -0.05) is 0 Å². The normalized spacial score (nSPS) is 11.7. The number of hydrogen-bond acceptors (Lipinski definition) is 3. The summed E-state index contributed by atoms with van der Waals surface area (Å²) in [5, 5.41) is 10.5. The van der Waals surface area contributed by atoms with E-state index in [1.54, 1.807) is 18.0 Å². The molecule has 4 heteroatoms. The Hall–Kier alpha value is -0.0600. The highest BCUT2D eigenvalue weighted by Crippen LogP contribution is 2.20. The van der Waals surface area contributed by atoms with Crippen LogP contribution >= 0.6 is 27.7 Å². The molecular weight excluding hydrogens is 262 g/mol. The Labute approximate surface area is 97.3 Å². The summed E-state index contributed by atoms with van der Waals surface area (Å²) in [5.41, 5.74) is -0.581. The molecule has 0 aliphatic carbocycles. The minimum absolute atomic E-state index is 0.581. The Kier molecular flexibility index (Phi) is 4.41. The molecule has 14 heavy (non-hydrogen) atoms. The standard InChI is InChI=1S/C10H14BrNOS/c1-10(2,13)5-6-14-9-4-3-8(11)7-12-9/h3-4,7,13H,5-6H2,1-2H3.